The number of carboxylic acid groups (broad SMARTS) is 1. The lowest BCUT2D eigenvalue weighted by Gasteiger charge is -2.07. The first-order valence-electron chi connectivity index (χ1n) is 5.39. The molecule has 2 heterocycles. The summed E-state index contributed by atoms with van der Waals surface area (Å²) in [7, 11) is -2.46. The third-order valence-electron chi connectivity index (χ3n) is 2.35. The summed E-state index contributed by atoms with van der Waals surface area (Å²) in [5, 5.41) is 8.89. The van der Waals surface area contributed by atoms with E-state index in [2.05, 4.69) is 25.6 Å². The van der Waals surface area contributed by atoms with Crippen LogP contribution in [0.1, 0.15) is 9.67 Å². The number of pyridine rings is 1. The number of anilines is 1. The molecule has 7 nitrogen and oxygen atoms in total. The van der Waals surface area contributed by atoms with Crippen LogP contribution in [-0.4, -0.2) is 31.6 Å². The fraction of sp³-hybridized carbons (Fsp3) is 0.0909. The van der Waals surface area contributed by atoms with Crippen LogP contribution in [0.5, 0.6) is 5.88 Å². The van der Waals surface area contributed by atoms with Crippen LogP contribution in [0.2, 0.25) is 0 Å². The van der Waals surface area contributed by atoms with Crippen molar-refractivity contribution >= 4 is 48.9 Å². The Bertz CT molecular complexity index is 770. The molecule has 0 aromatic carbocycles. The van der Waals surface area contributed by atoms with Gasteiger partial charge in [0, 0.05) is 6.07 Å². The van der Waals surface area contributed by atoms with Gasteiger partial charge in [0.05, 0.1) is 22.8 Å². The summed E-state index contributed by atoms with van der Waals surface area (Å²) in [6.07, 6.45) is 1.30. The van der Waals surface area contributed by atoms with Gasteiger partial charge in [-0.25, -0.2) is 18.2 Å². The first-order chi connectivity index (χ1) is 9.83. The van der Waals surface area contributed by atoms with Crippen LogP contribution in [0.3, 0.4) is 0 Å². The molecule has 2 aromatic heterocycles. The number of carbonyl (C=O) groups is 1. The van der Waals surface area contributed by atoms with Gasteiger partial charge in [-0.05, 0) is 28.1 Å². The number of ether oxygens (including phenoxy) is 1. The first kappa shape index (κ1) is 15.7. The highest BCUT2D eigenvalue weighted by Crippen LogP contribution is 2.32. The van der Waals surface area contributed by atoms with Gasteiger partial charge in [0.2, 0.25) is 5.88 Å². The van der Waals surface area contributed by atoms with Crippen molar-refractivity contribution in [2.45, 2.75) is 4.90 Å². The number of methoxy groups -OCH3 is 1. The molecule has 2 rings (SSSR count). The Morgan fingerprint density at radius 2 is 2.19 bits per heavy atom. The van der Waals surface area contributed by atoms with Crippen molar-refractivity contribution in [2.24, 2.45) is 0 Å². The first-order valence-corrected chi connectivity index (χ1v) is 8.48. The number of halogens is 1. The summed E-state index contributed by atoms with van der Waals surface area (Å²) in [5.74, 6) is -0.837. The van der Waals surface area contributed by atoms with Crippen molar-refractivity contribution < 1.29 is 23.1 Å². The summed E-state index contributed by atoms with van der Waals surface area (Å²) < 4.78 is 31.9. The molecule has 0 atom stereocenters. The zero-order chi connectivity index (χ0) is 15.6. The number of thiophene rings is 1. The molecule has 2 aromatic rings. The fourth-order valence-corrected chi connectivity index (χ4v) is 4.86. The Morgan fingerprint density at radius 1 is 1.48 bits per heavy atom. The zero-order valence-corrected chi connectivity index (χ0v) is 13.8. The van der Waals surface area contributed by atoms with E-state index >= 15 is 0 Å². The molecule has 0 amide bonds. The summed E-state index contributed by atoms with van der Waals surface area (Å²) in [4.78, 5) is 14.5. The minimum Gasteiger partial charge on any atom is -0.481 e. The third-order valence-corrected chi connectivity index (χ3v) is 5.97. The average molecular weight is 393 g/mol. The number of hydrogen-bond donors (Lipinski definition) is 2. The van der Waals surface area contributed by atoms with Gasteiger partial charge < -0.3 is 9.84 Å². The number of carboxylic acids is 1. The second-order valence-electron chi connectivity index (χ2n) is 3.75. The van der Waals surface area contributed by atoms with Crippen LogP contribution < -0.4 is 9.46 Å². The van der Waals surface area contributed by atoms with Gasteiger partial charge in [0.25, 0.3) is 10.0 Å². The summed E-state index contributed by atoms with van der Waals surface area (Å²) in [6, 6.07) is 4.08. The molecule has 0 fully saturated rings. The Hall–Kier alpha value is -1.65. The van der Waals surface area contributed by atoms with E-state index in [9.17, 15) is 13.2 Å². The minimum atomic E-state index is -3.91. The summed E-state index contributed by atoms with van der Waals surface area (Å²) in [5.41, 5.74) is 0.241. The van der Waals surface area contributed by atoms with Crippen LogP contribution in [0.25, 0.3) is 0 Å². The van der Waals surface area contributed by atoms with Crippen LogP contribution in [0, 0.1) is 0 Å². The van der Waals surface area contributed by atoms with Gasteiger partial charge in [0.1, 0.15) is 9.77 Å². The lowest BCUT2D eigenvalue weighted by molar-refractivity contribution is 0.0702. The number of nitrogens with zero attached hydrogens (tertiary/aromatic N) is 1. The van der Waals surface area contributed by atoms with Crippen molar-refractivity contribution in [2.75, 3.05) is 11.8 Å². The average Bonchev–Trinajstić information content (AvgIpc) is 2.82. The zero-order valence-electron chi connectivity index (χ0n) is 10.5. The topological polar surface area (TPSA) is 106 Å². The molecule has 21 heavy (non-hydrogen) atoms. The van der Waals surface area contributed by atoms with E-state index in [0.29, 0.717) is 5.88 Å². The Labute approximate surface area is 132 Å². The molecular formula is C11H9BrN2O5S2. The maximum Gasteiger partial charge on any atom is 0.345 e. The molecule has 0 radical (unpaired) electrons. The van der Waals surface area contributed by atoms with Crippen molar-refractivity contribution in [3.8, 4) is 5.88 Å². The molecule has 0 unspecified atom stereocenters. The lowest BCUT2D eigenvalue weighted by atomic mass is 10.4. The maximum absolute atomic E-state index is 12.2. The van der Waals surface area contributed by atoms with E-state index in [1.54, 1.807) is 0 Å². The fourth-order valence-electron chi connectivity index (χ4n) is 1.41. The molecule has 0 bridgehead atoms. The number of rotatable bonds is 5. The third kappa shape index (κ3) is 3.52. The van der Waals surface area contributed by atoms with Gasteiger partial charge in [-0.15, -0.1) is 11.3 Å². The van der Waals surface area contributed by atoms with Crippen LogP contribution >= 0.6 is 27.3 Å². The molecule has 10 heteroatoms. The van der Waals surface area contributed by atoms with E-state index in [1.165, 1.54) is 25.4 Å². The molecule has 0 aliphatic rings. The summed E-state index contributed by atoms with van der Waals surface area (Å²) >= 11 is 3.89. The Kier molecular flexibility index (Phi) is 4.49. The Balaban J connectivity index is 2.31. The highest BCUT2D eigenvalue weighted by atomic mass is 79.9. The number of hydrogen-bond acceptors (Lipinski definition) is 6. The van der Waals surface area contributed by atoms with Crippen LogP contribution in [0.4, 0.5) is 5.69 Å². The molecule has 112 valence electrons. The summed E-state index contributed by atoms with van der Waals surface area (Å²) in [6.45, 7) is 0. The molecular weight excluding hydrogens is 384 g/mol. The van der Waals surface area contributed by atoms with Gasteiger partial charge in [-0.3, -0.25) is 4.72 Å². The van der Waals surface area contributed by atoms with Gasteiger partial charge >= 0.3 is 5.97 Å². The largest absolute Gasteiger partial charge is 0.481 e. The van der Waals surface area contributed by atoms with Crippen molar-refractivity contribution in [1.29, 1.82) is 0 Å². The molecule has 0 aliphatic heterocycles. The number of aromatic carboxylic acids is 1. The number of nitrogens with one attached hydrogen (secondary N) is 1. The molecule has 0 saturated heterocycles. The van der Waals surface area contributed by atoms with E-state index in [1.807, 2.05) is 0 Å². The smallest absolute Gasteiger partial charge is 0.345 e. The predicted octanol–water partition coefficient (Wildman–Crippen LogP) is 2.41. The van der Waals surface area contributed by atoms with Crippen LogP contribution in [0.15, 0.2) is 33.1 Å². The number of sulfonamides is 1. The lowest BCUT2D eigenvalue weighted by Crippen LogP contribution is -2.13. The monoisotopic (exact) mass is 392 g/mol. The quantitative estimate of drug-likeness (QED) is 0.808. The second-order valence-corrected chi connectivity index (χ2v) is 7.77. The van der Waals surface area contributed by atoms with Crippen LogP contribution in [-0.2, 0) is 10.0 Å². The molecule has 0 saturated carbocycles. The van der Waals surface area contributed by atoms with E-state index < -0.39 is 16.0 Å². The van der Waals surface area contributed by atoms with Crippen molar-refractivity contribution in [1.82, 2.24) is 4.98 Å². The highest BCUT2D eigenvalue weighted by Gasteiger charge is 2.23. The highest BCUT2D eigenvalue weighted by molar-refractivity contribution is 9.11. The van der Waals surface area contributed by atoms with E-state index in [4.69, 9.17) is 9.84 Å². The second kappa shape index (κ2) is 6.00. The van der Waals surface area contributed by atoms with E-state index in [0.717, 1.165) is 17.4 Å². The standard InChI is InChI=1S/C11H9BrN2O5S2/c1-19-9-3-2-6(5-13-9)14-21(17,18)8-4-7(11(15)16)20-10(8)12/h2-5,14H,1H3,(H,15,16). The SMILES string of the molecule is COc1ccc(NS(=O)(=O)c2cc(C(=O)O)sc2Br)cn1. The molecule has 2 N–H and O–H groups in total. The minimum absolute atomic E-state index is 0.0740. The molecule has 0 spiro atoms. The van der Waals surface area contributed by atoms with Gasteiger partial charge in [-0.2, -0.15) is 0 Å². The Morgan fingerprint density at radius 3 is 2.67 bits per heavy atom. The van der Waals surface area contributed by atoms with E-state index in [-0.39, 0.29) is 19.2 Å². The maximum atomic E-state index is 12.2. The van der Waals surface area contributed by atoms with Crippen molar-refractivity contribution in [3.05, 3.63) is 33.1 Å². The normalized spacial score (nSPS) is 11.1. The van der Waals surface area contributed by atoms with Gasteiger partial charge in [-0.1, -0.05) is 0 Å². The van der Waals surface area contributed by atoms with Gasteiger partial charge in [0.15, 0.2) is 0 Å². The predicted molar refractivity (Wildman–Crippen MR) is 80.6 cm³/mol. The van der Waals surface area contributed by atoms with Crippen molar-refractivity contribution in [3.63, 3.8) is 0 Å². The number of aromatic nitrogens is 1. The molecule has 0 aliphatic carbocycles.